The number of halogens is 1. The second kappa shape index (κ2) is 8.97. The van der Waals surface area contributed by atoms with Crippen LogP contribution in [-0.4, -0.2) is 52.2 Å². The topological polar surface area (TPSA) is 75.7 Å². The van der Waals surface area contributed by atoms with Crippen LogP contribution in [-0.2, 0) is 14.8 Å². The third-order valence-corrected chi connectivity index (χ3v) is 3.80. The highest BCUT2D eigenvalue weighted by molar-refractivity contribution is 7.88. The molecule has 0 spiro atoms. The van der Waals surface area contributed by atoms with Crippen LogP contribution in [0.2, 0.25) is 5.02 Å². The van der Waals surface area contributed by atoms with E-state index >= 15 is 0 Å². The lowest BCUT2D eigenvalue weighted by Crippen LogP contribution is -2.32. The second-order valence-corrected chi connectivity index (χ2v) is 7.16. The first kappa shape index (κ1) is 18.7. The second-order valence-electron chi connectivity index (χ2n) is 4.89. The van der Waals surface area contributed by atoms with E-state index < -0.39 is 10.0 Å². The van der Waals surface area contributed by atoms with E-state index in [0.29, 0.717) is 30.3 Å². The van der Waals surface area contributed by atoms with Crippen LogP contribution in [0.3, 0.4) is 0 Å². The first-order chi connectivity index (χ1) is 10.3. The summed E-state index contributed by atoms with van der Waals surface area (Å²) >= 11 is 5.85. The standard InChI is InChI=1S/C14H21ClN2O4S/c1-17(14(18)7-8-16-22(2,19)20)9-4-10-21-13-6-3-5-12(15)11-13/h3,5-6,11,16H,4,7-10H2,1-2H3. The van der Waals surface area contributed by atoms with Gasteiger partial charge in [0.15, 0.2) is 0 Å². The third kappa shape index (κ3) is 8.21. The van der Waals surface area contributed by atoms with Crippen LogP contribution in [0.25, 0.3) is 0 Å². The molecule has 0 aromatic heterocycles. The number of sulfonamides is 1. The molecule has 0 aliphatic carbocycles. The smallest absolute Gasteiger partial charge is 0.223 e. The van der Waals surface area contributed by atoms with E-state index in [9.17, 15) is 13.2 Å². The van der Waals surface area contributed by atoms with Crippen molar-refractivity contribution < 1.29 is 17.9 Å². The molecule has 0 heterocycles. The molecule has 0 aliphatic heterocycles. The maximum Gasteiger partial charge on any atom is 0.223 e. The molecule has 124 valence electrons. The summed E-state index contributed by atoms with van der Waals surface area (Å²) in [6.07, 6.45) is 1.88. The fourth-order valence-corrected chi connectivity index (χ4v) is 2.36. The van der Waals surface area contributed by atoms with Crippen molar-refractivity contribution >= 4 is 27.5 Å². The van der Waals surface area contributed by atoms with Gasteiger partial charge in [0.25, 0.3) is 0 Å². The number of amides is 1. The van der Waals surface area contributed by atoms with E-state index in [-0.39, 0.29) is 18.9 Å². The minimum absolute atomic E-state index is 0.112. The maximum absolute atomic E-state index is 11.8. The Morgan fingerprint density at radius 1 is 1.41 bits per heavy atom. The Hall–Kier alpha value is -1.31. The molecule has 0 bridgehead atoms. The summed E-state index contributed by atoms with van der Waals surface area (Å²) in [6.45, 7) is 1.12. The van der Waals surface area contributed by atoms with E-state index in [1.807, 2.05) is 12.1 Å². The molecule has 0 aliphatic rings. The number of nitrogens with zero attached hydrogens (tertiary/aromatic N) is 1. The number of benzene rings is 1. The Morgan fingerprint density at radius 2 is 2.14 bits per heavy atom. The first-order valence-electron chi connectivity index (χ1n) is 6.85. The zero-order chi connectivity index (χ0) is 16.6. The van der Waals surface area contributed by atoms with Crippen LogP contribution in [0.1, 0.15) is 12.8 Å². The lowest BCUT2D eigenvalue weighted by molar-refractivity contribution is -0.129. The average Bonchev–Trinajstić information content (AvgIpc) is 2.42. The number of nitrogens with one attached hydrogen (secondary N) is 1. The Balaban J connectivity index is 2.19. The van der Waals surface area contributed by atoms with Crippen LogP contribution >= 0.6 is 11.6 Å². The summed E-state index contributed by atoms with van der Waals surface area (Å²) < 4.78 is 29.6. The van der Waals surface area contributed by atoms with Crippen molar-refractivity contribution in [1.29, 1.82) is 0 Å². The zero-order valence-corrected chi connectivity index (χ0v) is 14.3. The lowest BCUT2D eigenvalue weighted by atomic mass is 10.3. The molecule has 0 saturated carbocycles. The van der Waals surface area contributed by atoms with Gasteiger partial charge in [0, 0.05) is 31.6 Å². The van der Waals surface area contributed by atoms with E-state index in [4.69, 9.17) is 16.3 Å². The Morgan fingerprint density at radius 3 is 2.77 bits per heavy atom. The predicted octanol–water partition coefficient (Wildman–Crippen LogP) is 1.51. The summed E-state index contributed by atoms with van der Waals surface area (Å²) in [7, 11) is -1.57. The number of carbonyl (C=O) groups excluding carboxylic acids is 1. The van der Waals surface area contributed by atoms with Crippen LogP contribution < -0.4 is 9.46 Å². The molecule has 0 fully saturated rings. The molecule has 1 rings (SSSR count). The Kier molecular flexibility index (Phi) is 7.64. The van der Waals surface area contributed by atoms with Crippen LogP contribution in [0.15, 0.2) is 24.3 Å². The fraction of sp³-hybridized carbons (Fsp3) is 0.500. The third-order valence-electron chi connectivity index (χ3n) is 2.83. The highest BCUT2D eigenvalue weighted by atomic mass is 35.5. The molecule has 6 nitrogen and oxygen atoms in total. The van der Waals surface area contributed by atoms with Crippen LogP contribution in [0.4, 0.5) is 0 Å². The van der Waals surface area contributed by atoms with Crippen molar-refractivity contribution in [2.75, 3.05) is 33.0 Å². The first-order valence-corrected chi connectivity index (χ1v) is 9.12. The van der Waals surface area contributed by atoms with E-state index in [1.165, 1.54) is 0 Å². The molecule has 1 aromatic rings. The largest absolute Gasteiger partial charge is 0.493 e. The minimum Gasteiger partial charge on any atom is -0.493 e. The van der Waals surface area contributed by atoms with Gasteiger partial charge in [-0.15, -0.1) is 0 Å². The van der Waals surface area contributed by atoms with E-state index in [0.717, 1.165) is 6.26 Å². The van der Waals surface area contributed by atoms with E-state index in [1.54, 1.807) is 24.1 Å². The molecular weight excluding hydrogens is 328 g/mol. The maximum atomic E-state index is 11.8. The van der Waals surface area contributed by atoms with Gasteiger partial charge in [-0.3, -0.25) is 4.79 Å². The molecule has 0 unspecified atom stereocenters. The van der Waals surface area contributed by atoms with Gasteiger partial charge in [-0.05, 0) is 24.6 Å². The monoisotopic (exact) mass is 348 g/mol. The summed E-state index contributed by atoms with van der Waals surface area (Å²) in [5.74, 6) is 0.581. The van der Waals surface area contributed by atoms with Crippen molar-refractivity contribution in [1.82, 2.24) is 9.62 Å². The van der Waals surface area contributed by atoms with E-state index in [2.05, 4.69) is 4.72 Å². The molecule has 1 N–H and O–H groups in total. The predicted molar refractivity (Wildman–Crippen MR) is 86.7 cm³/mol. The summed E-state index contributed by atoms with van der Waals surface area (Å²) in [5, 5.41) is 0.614. The molecule has 1 amide bonds. The Bertz CT molecular complexity index is 592. The van der Waals surface area contributed by atoms with Gasteiger partial charge in [-0.25, -0.2) is 13.1 Å². The summed E-state index contributed by atoms with van der Waals surface area (Å²) in [4.78, 5) is 13.3. The fourth-order valence-electron chi connectivity index (χ4n) is 1.71. The van der Waals surface area contributed by atoms with Crippen molar-refractivity contribution in [3.05, 3.63) is 29.3 Å². The van der Waals surface area contributed by atoms with Gasteiger partial charge in [0.1, 0.15) is 5.75 Å². The van der Waals surface area contributed by atoms with Gasteiger partial charge in [-0.1, -0.05) is 17.7 Å². The molecule has 0 atom stereocenters. The van der Waals surface area contributed by atoms with Crippen molar-refractivity contribution in [3.8, 4) is 5.75 Å². The highest BCUT2D eigenvalue weighted by Crippen LogP contribution is 2.17. The molecule has 0 saturated heterocycles. The number of ether oxygens (including phenoxy) is 1. The average molecular weight is 349 g/mol. The summed E-state index contributed by atoms with van der Waals surface area (Å²) in [6, 6.07) is 7.12. The quantitative estimate of drug-likeness (QED) is 0.686. The van der Waals surface area contributed by atoms with Gasteiger partial charge in [-0.2, -0.15) is 0 Å². The van der Waals surface area contributed by atoms with Gasteiger partial charge in [0.2, 0.25) is 15.9 Å². The normalized spacial score (nSPS) is 11.2. The molecule has 8 heteroatoms. The van der Waals surface area contributed by atoms with Gasteiger partial charge < -0.3 is 9.64 Å². The van der Waals surface area contributed by atoms with Crippen molar-refractivity contribution in [2.24, 2.45) is 0 Å². The SMILES string of the molecule is CN(CCCOc1cccc(Cl)c1)C(=O)CCNS(C)(=O)=O. The molecular formula is C14H21ClN2O4S. The van der Waals surface area contributed by atoms with Gasteiger partial charge in [0.05, 0.1) is 12.9 Å². The zero-order valence-electron chi connectivity index (χ0n) is 12.7. The minimum atomic E-state index is -3.25. The van der Waals surface area contributed by atoms with Crippen molar-refractivity contribution in [3.63, 3.8) is 0 Å². The number of carbonyl (C=O) groups is 1. The Labute approximate surface area is 136 Å². The van der Waals surface area contributed by atoms with Crippen molar-refractivity contribution in [2.45, 2.75) is 12.8 Å². The lowest BCUT2D eigenvalue weighted by Gasteiger charge is -2.17. The van der Waals surface area contributed by atoms with Gasteiger partial charge >= 0.3 is 0 Å². The van der Waals surface area contributed by atoms with Crippen LogP contribution in [0, 0.1) is 0 Å². The number of hydrogen-bond donors (Lipinski definition) is 1. The summed E-state index contributed by atoms with van der Waals surface area (Å²) in [5.41, 5.74) is 0. The number of hydrogen-bond acceptors (Lipinski definition) is 4. The molecule has 22 heavy (non-hydrogen) atoms. The molecule has 1 aromatic carbocycles. The number of rotatable bonds is 9. The van der Waals surface area contributed by atoms with Crippen LogP contribution in [0.5, 0.6) is 5.75 Å². The molecule has 0 radical (unpaired) electrons. The highest BCUT2D eigenvalue weighted by Gasteiger charge is 2.09.